The Hall–Kier alpha value is -1.46. The van der Waals surface area contributed by atoms with Gasteiger partial charge in [-0.3, -0.25) is 0 Å². The van der Waals surface area contributed by atoms with Crippen molar-refractivity contribution in [2.45, 2.75) is 43.8 Å². The molecular weight excluding hydrogens is 309 g/mol. The molecule has 1 aliphatic heterocycles. The zero-order chi connectivity index (χ0) is 17.4. The first-order valence-electron chi connectivity index (χ1n) is 8.83. The molecule has 3 rings (SSSR count). The van der Waals surface area contributed by atoms with Crippen LogP contribution in [0.2, 0.25) is 0 Å². The van der Waals surface area contributed by atoms with Gasteiger partial charge in [0, 0.05) is 12.3 Å². The van der Waals surface area contributed by atoms with Crippen LogP contribution < -0.4 is 0 Å². The Morgan fingerprint density at radius 2 is 1.83 bits per heavy atom. The number of hydrogen-bond acceptors (Lipinski definition) is 3. The molecule has 1 saturated carbocycles. The smallest absolute Gasteiger partial charge is 0.343 e. The molecule has 0 radical (unpaired) electrons. The number of rotatable bonds is 4. The van der Waals surface area contributed by atoms with Crippen LogP contribution in [0.15, 0.2) is 24.3 Å². The lowest BCUT2D eigenvalue weighted by Gasteiger charge is -2.33. The molecule has 2 fully saturated rings. The molecule has 0 bridgehead atoms. The number of esters is 1. The predicted molar refractivity (Wildman–Crippen MR) is 88.6 cm³/mol. The number of aliphatic hydroxyl groups is 1. The first kappa shape index (κ1) is 17.4. The van der Waals surface area contributed by atoms with Gasteiger partial charge < -0.3 is 14.3 Å². The number of halogens is 1. The number of nitrogens with zero attached hydrogens (tertiary/aromatic N) is 1. The number of likely N-dealkylation sites (N-methyl/N-ethyl adjacent to an activating group) is 1. The molecule has 1 saturated heterocycles. The summed E-state index contributed by atoms with van der Waals surface area (Å²) < 4.78 is 19.8. The fourth-order valence-electron chi connectivity index (χ4n) is 4.13. The van der Waals surface area contributed by atoms with Gasteiger partial charge in [-0.05, 0) is 30.5 Å². The van der Waals surface area contributed by atoms with E-state index in [-0.39, 0.29) is 17.8 Å². The van der Waals surface area contributed by atoms with E-state index >= 15 is 0 Å². The number of likely N-dealkylation sites (tertiary alicyclic amines) is 1. The van der Waals surface area contributed by atoms with Gasteiger partial charge >= 0.3 is 5.97 Å². The lowest BCUT2D eigenvalue weighted by Crippen LogP contribution is -2.46. The van der Waals surface area contributed by atoms with Crippen LogP contribution in [0.5, 0.6) is 0 Å². The van der Waals surface area contributed by atoms with E-state index < -0.39 is 11.6 Å². The molecule has 1 N–H and O–H groups in total. The second-order valence-corrected chi connectivity index (χ2v) is 7.91. The van der Waals surface area contributed by atoms with Crippen molar-refractivity contribution in [1.82, 2.24) is 0 Å². The first-order valence-corrected chi connectivity index (χ1v) is 8.83. The SMILES string of the molecule is C[N+]1(C)CC[C@@H](OC(=O)[C@](O)(c2ccc(F)cc2)C2CCCC2)C1. The fourth-order valence-corrected chi connectivity index (χ4v) is 4.13. The molecule has 2 atom stereocenters. The van der Waals surface area contributed by atoms with Crippen LogP contribution in [-0.4, -0.2) is 48.8 Å². The van der Waals surface area contributed by atoms with Crippen molar-refractivity contribution in [2.24, 2.45) is 5.92 Å². The van der Waals surface area contributed by atoms with Crippen molar-refractivity contribution in [3.63, 3.8) is 0 Å². The van der Waals surface area contributed by atoms with Crippen molar-refractivity contribution >= 4 is 5.97 Å². The normalized spacial score (nSPS) is 26.2. The van der Waals surface area contributed by atoms with E-state index in [1.165, 1.54) is 24.3 Å². The van der Waals surface area contributed by atoms with Crippen molar-refractivity contribution in [3.8, 4) is 0 Å². The first-order chi connectivity index (χ1) is 11.3. The molecule has 1 aromatic carbocycles. The van der Waals surface area contributed by atoms with Crippen LogP contribution in [0.3, 0.4) is 0 Å². The topological polar surface area (TPSA) is 46.5 Å². The highest BCUT2D eigenvalue weighted by Crippen LogP contribution is 2.42. The third-order valence-electron chi connectivity index (χ3n) is 5.57. The lowest BCUT2D eigenvalue weighted by molar-refractivity contribution is -0.879. The maximum Gasteiger partial charge on any atom is 0.343 e. The van der Waals surface area contributed by atoms with Crippen LogP contribution >= 0.6 is 0 Å². The van der Waals surface area contributed by atoms with Gasteiger partial charge in [-0.1, -0.05) is 25.0 Å². The molecule has 1 aromatic rings. The average Bonchev–Trinajstić information content (AvgIpc) is 3.17. The Morgan fingerprint density at radius 3 is 2.38 bits per heavy atom. The van der Waals surface area contributed by atoms with Crippen LogP contribution in [0.25, 0.3) is 0 Å². The number of carbonyl (C=O) groups excluding carboxylic acids is 1. The summed E-state index contributed by atoms with van der Waals surface area (Å²) in [6.07, 6.45) is 4.21. The summed E-state index contributed by atoms with van der Waals surface area (Å²) in [7, 11) is 4.22. The standard InChI is InChI=1S/C19H27FNO3/c1-21(2)12-11-17(13-21)24-18(22)19(23,14-5-3-4-6-14)15-7-9-16(20)10-8-15/h7-10,14,17,23H,3-6,11-13H2,1-2H3/q+1/t17-,19-/m1/s1. The third-order valence-corrected chi connectivity index (χ3v) is 5.57. The Bertz CT molecular complexity index is 595. The van der Waals surface area contributed by atoms with Crippen molar-refractivity contribution in [1.29, 1.82) is 0 Å². The monoisotopic (exact) mass is 336 g/mol. The highest BCUT2D eigenvalue weighted by atomic mass is 19.1. The molecule has 0 spiro atoms. The van der Waals surface area contributed by atoms with Crippen LogP contribution in [0, 0.1) is 11.7 Å². The van der Waals surface area contributed by atoms with Crippen molar-refractivity contribution in [2.75, 3.05) is 27.2 Å². The summed E-state index contributed by atoms with van der Waals surface area (Å²) in [4.78, 5) is 12.9. The molecule has 0 unspecified atom stereocenters. The minimum Gasteiger partial charge on any atom is -0.454 e. The zero-order valence-electron chi connectivity index (χ0n) is 14.5. The van der Waals surface area contributed by atoms with Gasteiger partial charge in [0.1, 0.15) is 12.4 Å². The van der Waals surface area contributed by atoms with E-state index in [0.717, 1.165) is 49.7 Å². The molecule has 0 amide bonds. The van der Waals surface area contributed by atoms with Gasteiger partial charge in [-0.2, -0.15) is 0 Å². The Labute approximate surface area is 142 Å². The predicted octanol–water partition coefficient (Wildman–Crippen LogP) is 2.60. The second kappa shape index (κ2) is 6.45. The zero-order valence-corrected chi connectivity index (χ0v) is 14.5. The summed E-state index contributed by atoms with van der Waals surface area (Å²) in [5.41, 5.74) is -1.24. The third kappa shape index (κ3) is 3.33. The molecule has 1 aliphatic carbocycles. The molecule has 24 heavy (non-hydrogen) atoms. The van der Waals surface area contributed by atoms with E-state index in [9.17, 15) is 14.3 Å². The van der Waals surface area contributed by atoms with E-state index in [4.69, 9.17) is 4.74 Å². The number of hydrogen-bond donors (Lipinski definition) is 1. The maximum absolute atomic E-state index is 13.3. The summed E-state index contributed by atoms with van der Waals surface area (Å²) in [6, 6.07) is 5.59. The van der Waals surface area contributed by atoms with Crippen LogP contribution in [0.1, 0.15) is 37.7 Å². The molecule has 132 valence electrons. The van der Waals surface area contributed by atoms with Crippen LogP contribution in [0.4, 0.5) is 4.39 Å². The minimum absolute atomic E-state index is 0.166. The summed E-state index contributed by atoms with van der Waals surface area (Å²) >= 11 is 0. The van der Waals surface area contributed by atoms with Gasteiger partial charge in [0.2, 0.25) is 0 Å². The highest BCUT2D eigenvalue weighted by Gasteiger charge is 2.49. The second-order valence-electron chi connectivity index (χ2n) is 7.91. The number of benzene rings is 1. The Morgan fingerprint density at radius 1 is 1.21 bits per heavy atom. The average molecular weight is 336 g/mol. The molecular formula is C19H27FNO3+. The molecule has 2 aliphatic rings. The number of ether oxygens (including phenoxy) is 1. The molecule has 0 aromatic heterocycles. The highest BCUT2D eigenvalue weighted by molar-refractivity contribution is 5.81. The van der Waals surface area contributed by atoms with Gasteiger partial charge in [0.05, 0.1) is 20.6 Å². The van der Waals surface area contributed by atoms with Crippen molar-refractivity contribution in [3.05, 3.63) is 35.6 Å². The summed E-state index contributed by atoms with van der Waals surface area (Å²) in [6.45, 7) is 1.71. The van der Waals surface area contributed by atoms with E-state index in [1.54, 1.807) is 0 Å². The Kier molecular flexibility index (Phi) is 4.67. The number of carbonyl (C=O) groups is 1. The van der Waals surface area contributed by atoms with E-state index in [2.05, 4.69) is 14.1 Å². The number of quaternary nitrogens is 1. The van der Waals surface area contributed by atoms with E-state index in [0.29, 0.717) is 5.56 Å². The van der Waals surface area contributed by atoms with Crippen LogP contribution in [-0.2, 0) is 15.1 Å². The van der Waals surface area contributed by atoms with Gasteiger partial charge in [0.15, 0.2) is 11.7 Å². The largest absolute Gasteiger partial charge is 0.454 e. The van der Waals surface area contributed by atoms with Gasteiger partial charge in [0.25, 0.3) is 0 Å². The maximum atomic E-state index is 13.3. The minimum atomic E-state index is -1.68. The van der Waals surface area contributed by atoms with Crippen molar-refractivity contribution < 1.29 is 23.5 Å². The quantitative estimate of drug-likeness (QED) is 0.679. The Balaban J connectivity index is 1.84. The molecule has 4 nitrogen and oxygen atoms in total. The summed E-state index contributed by atoms with van der Waals surface area (Å²) in [5.74, 6) is -1.12. The lowest BCUT2D eigenvalue weighted by atomic mass is 9.80. The fraction of sp³-hybridized carbons (Fsp3) is 0.632. The summed E-state index contributed by atoms with van der Waals surface area (Å²) in [5, 5.41) is 11.3. The van der Waals surface area contributed by atoms with Gasteiger partial charge in [-0.25, -0.2) is 9.18 Å². The molecule has 1 heterocycles. The van der Waals surface area contributed by atoms with E-state index in [1.807, 2.05) is 0 Å². The molecule has 5 heteroatoms. The van der Waals surface area contributed by atoms with Gasteiger partial charge in [-0.15, -0.1) is 0 Å².